The van der Waals surface area contributed by atoms with Gasteiger partial charge in [0.1, 0.15) is 0 Å². The number of nitrogens with zero attached hydrogens (tertiary/aromatic N) is 1. The minimum Gasteiger partial charge on any atom is -0.481 e. The fourth-order valence-corrected chi connectivity index (χ4v) is 1.89. The Hall–Kier alpha value is -1.43. The van der Waals surface area contributed by atoms with Gasteiger partial charge in [0.25, 0.3) is 5.91 Å². The molecule has 0 spiro atoms. The van der Waals surface area contributed by atoms with E-state index in [-0.39, 0.29) is 17.7 Å². The highest BCUT2D eigenvalue weighted by molar-refractivity contribution is 9.10. The van der Waals surface area contributed by atoms with Crippen molar-refractivity contribution in [3.8, 4) is 0 Å². The largest absolute Gasteiger partial charge is 0.481 e. The number of halogens is 1. The fraction of sp³-hybridized carbons (Fsp3) is 0.462. The highest BCUT2D eigenvalue weighted by atomic mass is 79.9. The molecule has 0 radical (unpaired) electrons. The van der Waals surface area contributed by atoms with E-state index >= 15 is 0 Å². The van der Waals surface area contributed by atoms with Crippen molar-refractivity contribution in [3.05, 3.63) is 28.5 Å². The molecule has 0 aromatic carbocycles. The SMILES string of the molecule is CC(C)(C)C(CC(=O)O)NC(=O)c1cncc(Br)c1. The Labute approximate surface area is 120 Å². The zero-order chi connectivity index (χ0) is 14.6. The summed E-state index contributed by atoms with van der Waals surface area (Å²) in [5.74, 6) is -1.26. The third kappa shape index (κ3) is 4.98. The molecule has 6 heteroatoms. The molecular formula is C13H17BrN2O3. The number of nitrogens with one attached hydrogen (secondary N) is 1. The van der Waals surface area contributed by atoms with E-state index in [9.17, 15) is 9.59 Å². The molecule has 0 fully saturated rings. The monoisotopic (exact) mass is 328 g/mol. The Balaban J connectivity index is 2.85. The van der Waals surface area contributed by atoms with Crippen LogP contribution in [0.3, 0.4) is 0 Å². The number of carbonyl (C=O) groups excluding carboxylic acids is 1. The Kier molecular flexibility index (Phi) is 5.05. The molecule has 1 aromatic rings. The van der Waals surface area contributed by atoms with Crippen molar-refractivity contribution < 1.29 is 14.7 Å². The molecule has 1 aromatic heterocycles. The Bertz CT molecular complexity index is 483. The van der Waals surface area contributed by atoms with Crippen LogP contribution < -0.4 is 5.32 Å². The molecule has 1 rings (SSSR count). The van der Waals surface area contributed by atoms with Crippen molar-refractivity contribution in [1.29, 1.82) is 0 Å². The van der Waals surface area contributed by atoms with Gasteiger partial charge in [0, 0.05) is 22.9 Å². The standard InChI is InChI=1S/C13H17BrN2O3/c1-13(2,3)10(5-11(17)18)16-12(19)8-4-9(14)7-15-6-8/h4,6-7,10H,5H2,1-3H3,(H,16,19)(H,17,18). The quantitative estimate of drug-likeness (QED) is 0.889. The number of pyridine rings is 1. The lowest BCUT2D eigenvalue weighted by Gasteiger charge is -2.30. The summed E-state index contributed by atoms with van der Waals surface area (Å²) in [6.45, 7) is 5.67. The van der Waals surface area contributed by atoms with Crippen LogP contribution in [-0.4, -0.2) is 28.0 Å². The van der Waals surface area contributed by atoms with E-state index in [1.807, 2.05) is 20.8 Å². The molecule has 1 atom stereocenters. The predicted molar refractivity (Wildman–Crippen MR) is 74.9 cm³/mol. The van der Waals surface area contributed by atoms with Crippen LogP contribution in [0.2, 0.25) is 0 Å². The van der Waals surface area contributed by atoms with Crippen LogP contribution >= 0.6 is 15.9 Å². The van der Waals surface area contributed by atoms with Gasteiger partial charge in [0.05, 0.1) is 12.0 Å². The first kappa shape index (κ1) is 15.6. The molecule has 104 valence electrons. The van der Waals surface area contributed by atoms with Crippen molar-refractivity contribution in [1.82, 2.24) is 10.3 Å². The molecule has 0 aliphatic rings. The number of carbonyl (C=O) groups is 2. The number of aliphatic carboxylic acids is 1. The van der Waals surface area contributed by atoms with Gasteiger partial charge in [-0.15, -0.1) is 0 Å². The molecule has 1 amide bonds. The summed E-state index contributed by atoms with van der Waals surface area (Å²) in [5.41, 5.74) is 0.0574. The van der Waals surface area contributed by atoms with E-state index in [1.165, 1.54) is 6.20 Å². The number of rotatable bonds is 4. The predicted octanol–water partition coefficient (Wildman–Crippen LogP) is 2.46. The summed E-state index contributed by atoms with van der Waals surface area (Å²) in [4.78, 5) is 26.8. The molecule has 0 aliphatic heterocycles. The summed E-state index contributed by atoms with van der Waals surface area (Å²) >= 11 is 3.24. The molecular weight excluding hydrogens is 312 g/mol. The smallest absolute Gasteiger partial charge is 0.305 e. The second-order valence-corrected chi connectivity index (χ2v) is 6.30. The highest BCUT2D eigenvalue weighted by Crippen LogP contribution is 2.22. The van der Waals surface area contributed by atoms with Crippen LogP contribution in [0, 0.1) is 5.41 Å². The van der Waals surface area contributed by atoms with Crippen molar-refractivity contribution in [2.24, 2.45) is 5.41 Å². The Morgan fingerprint density at radius 2 is 2.05 bits per heavy atom. The maximum absolute atomic E-state index is 12.1. The van der Waals surface area contributed by atoms with Gasteiger partial charge < -0.3 is 10.4 Å². The second kappa shape index (κ2) is 6.14. The first-order valence-electron chi connectivity index (χ1n) is 5.83. The lowest BCUT2D eigenvalue weighted by Crippen LogP contribution is -2.45. The minimum absolute atomic E-state index is 0.114. The molecule has 0 saturated carbocycles. The zero-order valence-electron chi connectivity index (χ0n) is 11.1. The normalized spacial score (nSPS) is 12.8. The van der Waals surface area contributed by atoms with Crippen LogP contribution in [0.4, 0.5) is 0 Å². The third-order valence-corrected chi connectivity index (χ3v) is 3.13. The molecule has 5 nitrogen and oxygen atoms in total. The molecule has 0 saturated heterocycles. The van der Waals surface area contributed by atoms with E-state index in [2.05, 4.69) is 26.2 Å². The topological polar surface area (TPSA) is 79.3 Å². The molecule has 1 heterocycles. The van der Waals surface area contributed by atoms with E-state index < -0.39 is 12.0 Å². The van der Waals surface area contributed by atoms with Gasteiger partial charge in [-0.05, 0) is 27.4 Å². The highest BCUT2D eigenvalue weighted by Gasteiger charge is 2.28. The van der Waals surface area contributed by atoms with Crippen molar-refractivity contribution in [2.45, 2.75) is 33.2 Å². The lowest BCUT2D eigenvalue weighted by molar-refractivity contribution is -0.138. The van der Waals surface area contributed by atoms with Crippen LogP contribution in [0.15, 0.2) is 22.9 Å². The van der Waals surface area contributed by atoms with Gasteiger partial charge in [0.15, 0.2) is 0 Å². The molecule has 0 aliphatic carbocycles. The maximum Gasteiger partial charge on any atom is 0.305 e. The van der Waals surface area contributed by atoms with Gasteiger partial charge in [-0.2, -0.15) is 0 Å². The molecule has 2 N–H and O–H groups in total. The number of carboxylic acid groups (broad SMARTS) is 1. The first-order valence-corrected chi connectivity index (χ1v) is 6.62. The van der Waals surface area contributed by atoms with E-state index in [1.54, 1.807) is 12.3 Å². The van der Waals surface area contributed by atoms with Crippen LogP contribution in [-0.2, 0) is 4.79 Å². The maximum atomic E-state index is 12.1. The first-order chi connectivity index (χ1) is 8.70. The van der Waals surface area contributed by atoms with Crippen LogP contribution in [0.5, 0.6) is 0 Å². The van der Waals surface area contributed by atoms with Gasteiger partial charge in [0.2, 0.25) is 0 Å². The molecule has 0 bridgehead atoms. The Morgan fingerprint density at radius 3 is 2.53 bits per heavy atom. The van der Waals surface area contributed by atoms with E-state index in [0.717, 1.165) is 0 Å². The van der Waals surface area contributed by atoms with Crippen LogP contribution in [0.1, 0.15) is 37.6 Å². The van der Waals surface area contributed by atoms with Gasteiger partial charge in [-0.25, -0.2) is 0 Å². The minimum atomic E-state index is -0.937. The number of aromatic nitrogens is 1. The molecule has 19 heavy (non-hydrogen) atoms. The Morgan fingerprint density at radius 1 is 1.42 bits per heavy atom. The number of hydrogen-bond acceptors (Lipinski definition) is 3. The third-order valence-electron chi connectivity index (χ3n) is 2.70. The summed E-state index contributed by atoms with van der Waals surface area (Å²) in [5, 5.41) is 11.7. The molecule has 1 unspecified atom stereocenters. The zero-order valence-corrected chi connectivity index (χ0v) is 12.7. The summed E-state index contributed by atoms with van der Waals surface area (Å²) in [6.07, 6.45) is 2.91. The van der Waals surface area contributed by atoms with E-state index in [0.29, 0.717) is 10.0 Å². The average Bonchev–Trinajstić information content (AvgIpc) is 2.26. The number of amides is 1. The summed E-state index contributed by atoms with van der Waals surface area (Å²) in [6, 6.07) is 1.19. The van der Waals surface area contributed by atoms with Gasteiger partial charge in [-0.3, -0.25) is 14.6 Å². The van der Waals surface area contributed by atoms with Crippen LogP contribution in [0.25, 0.3) is 0 Å². The lowest BCUT2D eigenvalue weighted by atomic mass is 9.84. The second-order valence-electron chi connectivity index (χ2n) is 5.38. The van der Waals surface area contributed by atoms with E-state index in [4.69, 9.17) is 5.11 Å². The number of hydrogen-bond donors (Lipinski definition) is 2. The van der Waals surface area contributed by atoms with Crippen molar-refractivity contribution >= 4 is 27.8 Å². The van der Waals surface area contributed by atoms with Crippen molar-refractivity contribution in [2.75, 3.05) is 0 Å². The van der Waals surface area contributed by atoms with Gasteiger partial charge >= 0.3 is 5.97 Å². The number of carboxylic acids is 1. The van der Waals surface area contributed by atoms with Crippen molar-refractivity contribution in [3.63, 3.8) is 0 Å². The fourth-order valence-electron chi connectivity index (χ4n) is 1.53. The average molecular weight is 329 g/mol. The van der Waals surface area contributed by atoms with Gasteiger partial charge in [-0.1, -0.05) is 20.8 Å². The summed E-state index contributed by atoms with van der Waals surface area (Å²) in [7, 11) is 0. The summed E-state index contributed by atoms with van der Waals surface area (Å²) < 4.78 is 0.700.